The van der Waals surface area contributed by atoms with E-state index in [0.717, 1.165) is 16.7 Å². The number of halogens is 1. The molecule has 0 aliphatic heterocycles. The van der Waals surface area contributed by atoms with Crippen molar-refractivity contribution in [3.63, 3.8) is 0 Å². The van der Waals surface area contributed by atoms with Crippen molar-refractivity contribution in [2.75, 3.05) is 0 Å². The molecule has 0 N–H and O–H groups in total. The molecule has 0 amide bonds. The Morgan fingerprint density at radius 3 is 2.58 bits per heavy atom. The smallest absolute Gasteiger partial charge is 0.0174 e. The van der Waals surface area contributed by atoms with Gasteiger partial charge in [-0.05, 0) is 31.1 Å². The van der Waals surface area contributed by atoms with Crippen LogP contribution in [0.2, 0.25) is 0 Å². The van der Waals surface area contributed by atoms with Crippen LogP contribution in [-0.2, 0) is 0 Å². The summed E-state index contributed by atoms with van der Waals surface area (Å²) in [7, 11) is 0. The molecule has 0 aromatic rings. The Kier molecular flexibility index (Phi) is 4.63. The van der Waals surface area contributed by atoms with Crippen LogP contribution < -0.4 is 0 Å². The molecular weight excluding hydrogens is 212 g/mol. The standard InChI is InChI=1S/C11H21Br/c1-3-5-11(12)10-7-6-9(4-2)8-10/h9-11H,3-8H2,1-2H3. The highest BCUT2D eigenvalue weighted by Crippen LogP contribution is 2.38. The van der Waals surface area contributed by atoms with E-state index in [1.165, 1.54) is 38.5 Å². The molecule has 0 heterocycles. The van der Waals surface area contributed by atoms with Crippen molar-refractivity contribution in [2.45, 2.75) is 57.2 Å². The molecule has 0 aromatic heterocycles. The van der Waals surface area contributed by atoms with Gasteiger partial charge in [0.25, 0.3) is 0 Å². The maximum Gasteiger partial charge on any atom is 0.0174 e. The van der Waals surface area contributed by atoms with Gasteiger partial charge in [-0.1, -0.05) is 49.0 Å². The molecule has 1 aliphatic rings. The molecule has 3 unspecified atom stereocenters. The zero-order chi connectivity index (χ0) is 8.97. The molecule has 12 heavy (non-hydrogen) atoms. The lowest BCUT2D eigenvalue weighted by molar-refractivity contribution is 0.458. The summed E-state index contributed by atoms with van der Waals surface area (Å²) in [5.41, 5.74) is 0. The van der Waals surface area contributed by atoms with Gasteiger partial charge in [-0.2, -0.15) is 0 Å². The third-order valence-corrected chi connectivity index (χ3v) is 4.44. The normalized spacial score (nSPS) is 32.2. The summed E-state index contributed by atoms with van der Waals surface area (Å²) in [6.07, 6.45) is 8.50. The molecule has 1 fully saturated rings. The van der Waals surface area contributed by atoms with E-state index in [4.69, 9.17) is 0 Å². The molecule has 1 aliphatic carbocycles. The molecule has 1 rings (SSSR count). The maximum atomic E-state index is 3.82. The quantitative estimate of drug-likeness (QED) is 0.632. The summed E-state index contributed by atoms with van der Waals surface area (Å²) in [6, 6.07) is 0. The summed E-state index contributed by atoms with van der Waals surface area (Å²) in [4.78, 5) is 0.805. The first-order valence-corrected chi connectivity index (χ1v) is 6.33. The Labute approximate surface area is 85.3 Å². The fourth-order valence-electron chi connectivity index (χ4n) is 2.32. The lowest BCUT2D eigenvalue weighted by Crippen LogP contribution is -2.10. The predicted molar refractivity (Wildman–Crippen MR) is 58.7 cm³/mol. The fourth-order valence-corrected chi connectivity index (χ4v) is 3.26. The Balaban J connectivity index is 2.25. The summed E-state index contributed by atoms with van der Waals surface area (Å²) >= 11 is 3.82. The summed E-state index contributed by atoms with van der Waals surface area (Å²) in [5, 5.41) is 0. The van der Waals surface area contributed by atoms with Crippen LogP contribution in [0.3, 0.4) is 0 Å². The average Bonchev–Trinajstić information content (AvgIpc) is 2.52. The third-order valence-electron chi connectivity index (χ3n) is 3.24. The van der Waals surface area contributed by atoms with Crippen LogP contribution in [0.15, 0.2) is 0 Å². The highest BCUT2D eigenvalue weighted by Gasteiger charge is 2.27. The summed E-state index contributed by atoms with van der Waals surface area (Å²) in [5.74, 6) is 2.02. The molecule has 0 saturated heterocycles. The van der Waals surface area contributed by atoms with Crippen LogP contribution in [0.25, 0.3) is 0 Å². The number of hydrogen-bond acceptors (Lipinski definition) is 0. The van der Waals surface area contributed by atoms with Gasteiger partial charge < -0.3 is 0 Å². The average molecular weight is 233 g/mol. The minimum absolute atomic E-state index is 0.805. The van der Waals surface area contributed by atoms with Crippen molar-refractivity contribution in [3.8, 4) is 0 Å². The van der Waals surface area contributed by atoms with E-state index in [1.807, 2.05) is 0 Å². The van der Waals surface area contributed by atoms with E-state index in [9.17, 15) is 0 Å². The van der Waals surface area contributed by atoms with Gasteiger partial charge in [-0.25, -0.2) is 0 Å². The maximum absolute atomic E-state index is 3.82. The van der Waals surface area contributed by atoms with Crippen molar-refractivity contribution < 1.29 is 0 Å². The van der Waals surface area contributed by atoms with Gasteiger partial charge in [0.1, 0.15) is 0 Å². The predicted octanol–water partition coefficient (Wildman–Crippen LogP) is 4.38. The molecule has 0 aromatic carbocycles. The van der Waals surface area contributed by atoms with Gasteiger partial charge in [0.05, 0.1) is 0 Å². The molecule has 0 bridgehead atoms. The van der Waals surface area contributed by atoms with Crippen molar-refractivity contribution in [1.29, 1.82) is 0 Å². The van der Waals surface area contributed by atoms with E-state index < -0.39 is 0 Å². The van der Waals surface area contributed by atoms with Gasteiger partial charge in [0, 0.05) is 4.83 Å². The lowest BCUT2D eigenvalue weighted by Gasteiger charge is -2.16. The highest BCUT2D eigenvalue weighted by atomic mass is 79.9. The first-order chi connectivity index (χ1) is 5.77. The van der Waals surface area contributed by atoms with Crippen molar-refractivity contribution in [3.05, 3.63) is 0 Å². The van der Waals surface area contributed by atoms with Crippen molar-refractivity contribution >= 4 is 15.9 Å². The van der Waals surface area contributed by atoms with Crippen LogP contribution in [0, 0.1) is 11.8 Å². The number of alkyl halides is 1. The van der Waals surface area contributed by atoms with Crippen LogP contribution in [0.5, 0.6) is 0 Å². The number of rotatable bonds is 4. The zero-order valence-corrected chi connectivity index (χ0v) is 9.94. The molecule has 1 saturated carbocycles. The largest absolute Gasteiger partial charge is 0.0888 e. The Hall–Kier alpha value is 0.480. The van der Waals surface area contributed by atoms with Crippen molar-refractivity contribution in [1.82, 2.24) is 0 Å². The monoisotopic (exact) mass is 232 g/mol. The topological polar surface area (TPSA) is 0 Å². The van der Waals surface area contributed by atoms with Gasteiger partial charge in [0.2, 0.25) is 0 Å². The summed E-state index contributed by atoms with van der Waals surface area (Å²) < 4.78 is 0. The van der Waals surface area contributed by atoms with Gasteiger partial charge in [-0.15, -0.1) is 0 Å². The molecule has 3 atom stereocenters. The molecule has 0 radical (unpaired) electrons. The van der Waals surface area contributed by atoms with E-state index in [-0.39, 0.29) is 0 Å². The third kappa shape index (κ3) is 2.76. The number of hydrogen-bond donors (Lipinski definition) is 0. The Morgan fingerprint density at radius 1 is 1.33 bits per heavy atom. The van der Waals surface area contributed by atoms with Crippen LogP contribution in [-0.4, -0.2) is 4.83 Å². The van der Waals surface area contributed by atoms with Crippen LogP contribution in [0.1, 0.15) is 52.4 Å². The minimum Gasteiger partial charge on any atom is -0.0888 e. The molecule has 1 heteroatoms. The van der Waals surface area contributed by atoms with Gasteiger partial charge in [0.15, 0.2) is 0 Å². The summed E-state index contributed by atoms with van der Waals surface area (Å²) in [6.45, 7) is 4.61. The second-order valence-electron chi connectivity index (χ2n) is 4.15. The second-order valence-corrected chi connectivity index (χ2v) is 5.33. The molecular formula is C11H21Br. The molecule has 72 valence electrons. The fraction of sp³-hybridized carbons (Fsp3) is 1.00. The van der Waals surface area contributed by atoms with Crippen LogP contribution in [0.4, 0.5) is 0 Å². The molecule has 0 spiro atoms. The first-order valence-electron chi connectivity index (χ1n) is 5.42. The van der Waals surface area contributed by atoms with Gasteiger partial charge in [-0.3, -0.25) is 0 Å². The van der Waals surface area contributed by atoms with E-state index in [2.05, 4.69) is 29.8 Å². The first kappa shape index (κ1) is 10.6. The minimum atomic E-state index is 0.805. The van der Waals surface area contributed by atoms with Crippen molar-refractivity contribution in [2.24, 2.45) is 11.8 Å². The van der Waals surface area contributed by atoms with E-state index in [1.54, 1.807) is 0 Å². The Bertz CT molecular complexity index is 122. The SMILES string of the molecule is CCCC(Br)C1CCC(CC)C1. The van der Waals surface area contributed by atoms with E-state index in [0.29, 0.717) is 0 Å². The lowest BCUT2D eigenvalue weighted by atomic mass is 9.98. The zero-order valence-electron chi connectivity index (χ0n) is 8.35. The second kappa shape index (κ2) is 5.26. The van der Waals surface area contributed by atoms with Gasteiger partial charge >= 0.3 is 0 Å². The van der Waals surface area contributed by atoms with Crippen LogP contribution >= 0.6 is 15.9 Å². The Morgan fingerprint density at radius 2 is 2.08 bits per heavy atom. The molecule has 0 nitrogen and oxygen atoms in total. The highest BCUT2D eigenvalue weighted by molar-refractivity contribution is 9.09. The van der Waals surface area contributed by atoms with E-state index >= 15 is 0 Å².